The third-order valence-electron chi connectivity index (χ3n) is 14.8. The molecule has 1 N–H and O–H groups in total. The standard InChI is InChI=1S/C75H129NO8/c1-6-8-10-12-14-16-18-20-22-24-26-28-29-30-31-32-33-34-35-36-37-38-39-40-41-42-43-44-45-46-48-50-52-54-56-58-60-62-64-66-73(78)84-71(70-83-75(74(79)80)81-68-67-76(3,4)5)69-82-72(77)65-63-61-59-57-55-53-51-49-47-27-25-23-21-19-17-15-13-11-9-7-2/h8,10,14,16,20,22,26,28,30-31,33-34,36-37,39-40,42-43,71,75H,6-7,9,11-13,15,17-19,21,23-25,27,29,32,35,38,41,44-70H2,1-5H3/p+1/b10-8-,16-14-,22-20-,28-26-,31-30-,34-33-,37-36-,40-39-,43-42-. The number of carboxylic acids is 1. The van der Waals surface area contributed by atoms with E-state index in [9.17, 15) is 19.5 Å². The van der Waals surface area contributed by atoms with E-state index in [1.807, 2.05) is 21.1 Å². The Labute approximate surface area is 517 Å². The van der Waals surface area contributed by atoms with Crippen LogP contribution in [0, 0.1) is 0 Å². The summed E-state index contributed by atoms with van der Waals surface area (Å²) in [5.41, 5.74) is 0. The van der Waals surface area contributed by atoms with Crippen molar-refractivity contribution in [1.29, 1.82) is 0 Å². The molecule has 9 heteroatoms. The molecule has 0 aliphatic carbocycles. The Bertz CT molecular complexity index is 1750. The highest BCUT2D eigenvalue weighted by Gasteiger charge is 2.25. The second-order valence-electron chi connectivity index (χ2n) is 24.1. The number of unbranched alkanes of at least 4 members (excludes halogenated alkanes) is 30. The Hall–Kier alpha value is -4.05. The predicted molar refractivity (Wildman–Crippen MR) is 359 cm³/mol. The fraction of sp³-hybridized carbons (Fsp3) is 0.720. The van der Waals surface area contributed by atoms with Gasteiger partial charge in [-0.25, -0.2) is 4.79 Å². The Balaban J connectivity index is 4.12. The van der Waals surface area contributed by atoms with Crippen molar-refractivity contribution in [3.8, 4) is 0 Å². The first-order chi connectivity index (χ1) is 41.1. The van der Waals surface area contributed by atoms with Crippen molar-refractivity contribution in [1.82, 2.24) is 0 Å². The maximum absolute atomic E-state index is 12.9. The highest BCUT2D eigenvalue weighted by atomic mass is 16.7. The van der Waals surface area contributed by atoms with Gasteiger partial charge < -0.3 is 28.5 Å². The number of hydrogen-bond donors (Lipinski definition) is 1. The van der Waals surface area contributed by atoms with Gasteiger partial charge in [-0.2, -0.15) is 0 Å². The molecule has 0 aliphatic rings. The average molecular weight is 1170 g/mol. The van der Waals surface area contributed by atoms with Gasteiger partial charge in [0.1, 0.15) is 13.2 Å². The predicted octanol–water partition coefficient (Wildman–Crippen LogP) is 21.4. The van der Waals surface area contributed by atoms with Crippen molar-refractivity contribution in [3.05, 3.63) is 109 Å². The molecule has 2 atom stereocenters. The van der Waals surface area contributed by atoms with Crippen molar-refractivity contribution in [2.24, 2.45) is 0 Å². The third kappa shape index (κ3) is 65.5. The summed E-state index contributed by atoms with van der Waals surface area (Å²) in [6.45, 7) is 4.79. The summed E-state index contributed by atoms with van der Waals surface area (Å²) in [6, 6.07) is 0. The van der Waals surface area contributed by atoms with Crippen LogP contribution in [0.1, 0.15) is 290 Å². The molecule has 0 aromatic rings. The summed E-state index contributed by atoms with van der Waals surface area (Å²) in [5.74, 6) is -2.00. The van der Waals surface area contributed by atoms with Gasteiger partial charge in [-0.15, -0.1) is 0 Å². The van der Waals surface area contributed by atoms with Gasteiger partial charge in [0.25, 0.3) is 6.29 Å². The largest absolute Gasteiger partial charge is 0.477 e. The average Bonchev–Trinajstić information content (AvgIpc) is 3.52. The van der Waals surface area contributed by atoms with Crippen LogP contribution in [0.2, 0.25) is 0 Å². The van der Waals surface area contributed by atoms with Crippen LogP contribution < -0.4 is 0 Å². The molecule has 0 heterocycles. The molecule has 0 radical (unpaired) electrons. The number of carbonyl (C=O) groups is 3. The molecular formula is C75H130NO8+. The lowest BCUT2D eigenvalue weighted by molar-refractivity contribution is -0.870. The number of carboxylic acid groups (broad SMARTS) is 1. The van der Waals surface area contributed by atoms with Crippen LogP contribution in [0.3, 0.4) is 0 Å². The molecule has 0 saturated carbocycles. The van der Waals surface area contributed by atoms with E-state index in [0.717, 1.165) is 103 Å². The lowest BCUT2D eigenvalue weighted by Crippen LogP contribution is -2.40. The normalized spacial score (nSPS) is 13.4. The molecule has 0 aliphatic heterocycles. The van der Waals surface area contributed by atoms with Crippen LogP contribution >= 0.6 is 0 Å². The SMILES string of the molecule is CC/C=C\C/C=C\C/C=C\C/C=C\C/C=C\C/C=C\C/C=C\C/C=C\C/C=C\CCCCCCCCCCCCCC(=O)OC(COC(=O)CCCCCCCCCCCCCCCCCCCCCC)COC(OCC[N+](C)(C)C)C(=O)O. The molecular weight excluding hydrogens is 1040 g/mol. The highest BCUT2D eigenvalue weighted by molar-refractivity contribution is 5.71. The summed E-state index contributed by atoms with van der Waals surface area (Å²) in [7, 11) is 5.98. The second kappa shape index (κ2) is 64.9. The molecule has 0 rings (SSSR count). The first-order valence-corrected chi connectivity index (χ1v) is 34.6. The van der Waals surface area contributed by atoms with Crippen molar-refractivity contribution in [2.45, 2.75) is 302 Å². The fourth-order valence-corrected chi connectivity index (χ4v) is 9.54. The summed E-state index contributed by atoms with van der Waals surface area (Å²) < 4.78 is 23.0. The van der Waals surface area contributed by atoms with E-state index in [1.54, 1.807) is 0 Å². The first kappa shape index (κ1) is 80.0. The van der Waals surface area contributed by atoms with E-state index in [4.69, 9.17) is 18.9 Å². The zero-order valence-electron chi connectivity index (χ0n) is 55.0. The van der Waals surface area contributed by atoms with Crippen LogP contribution in [-0.2, 0) is 33.3 Å². The quantitative estimate of drug-likeness (QED) is 0.0211. The van der Waals surface area contributed by atoms with E-state index < -0.39 is 24.3 Å². The van der Waals surface area contributed by atoms with Gasteiger partial charge in [0.05, 0.1) is 34.4 Å². The van der Waals surface area contributed by atoms with Crippen molar-refractivity contribution < 1.29 is 42.9 Å². The number of ether oxygens (including phenoxy) is 4. The number of likely N-dealkylation sites (N-methyl/N-ethyl adjacent to an activating group) is 1. The highest BCUT2D eigenvalue weighted by Crippen LogP contribution is 2.17. The van der Waals surface area contributed by atoms with Crippen molar-refractivity contribution in [3.63, 3.8) is 0 Å². The van der Waals surface area contributed by atoms with Gasteiger partial charge in [-0.05, 0) is 83.5 Å². The molecule has 0 saturated heterocycles. The summed E-state index contributed by atoms with van der Waals surface area (Å²) in [4.78, 5) is 37.6. The Morgan fingerprint density at radius 2 is 0.679 bits per heavy atom. The molecule has 0 amide bonds. The molecule has 0 bridgehead atoms. The lowest BCUT2D eigenvalue weighted by atomic mass is 10.0. The molecule has 0 fully saturated rings. The number of aliphatic carboxylic acids is 1. The van der Waals surface area contributed by atoms with E-state index in [0.29, 0.717) is 23.9 Å². The maximum atomic E-state index is 12.9. The topological polar surface area (TPSA) is 108 Å². The van der Waals surface area contributed by atoms with Crippen LogP contribution in [0.15, 0.2) is 109 Å². The number of rotatable bonds is 63. The zero-order valence-corrected chi connectivity index (χ0v) is 55.0. The van der Waals surface area contributed by atoms with Gasteiger partial charge in [0, 0.05) is 12.8 Å². The van der Waals surface area contributed by atoms with E-state index in [-0.39, 0.29) is 32.2 Å². The van der Waals surface area contributed by atoms with Crippen LogP contribution in [0.25, 0.3) is 0 Å². The molecule has 0 aromatic carbocycles. The minimum Gasteiger partial charge on any atom is -0.477 e. The van der Waals surface area contributed by atoms with Crippen LogP contribution in [0.5, 0.6) is 0 Å². The summed E-state index contributed by atoms with van der Waals surface area (Å²) >= 11 is 0. The number of carbonyl (C=O) groups excluding carboxylic acids is 2. The van der Waals surface area contributed by atoms with Gasteiger partial charge in [0.15, 0.2) is 6.10 Å². The molecule has 0 aromatic heterocycles. The number of allylic oxidation sites excluding steroid dienone is 18. The third-order valence-corrected chi connectivity index (χ3v) is 14.8. The van der Waals surface area contributed by atoms with Crippen molar-refractivity contribution >= 4 is 17.9 Å². The Kier molecular flexibility index (Phi) is 61.8. The molecule has 84 heavy (non-hydrogen) atoms. The molecule has 482 valence electrons. The van der Waals surface area contributed by atoms with Crippen molar-refractivity contribution in [2.75, 3.05) is 47.5 Å². The lowest BCUT2D eigenvalue weighted by Gasteiger charge is -2.25. The van der Waals surface area contributed by atoms with Gasteiger partial charge in [-0.1, -0.05) is 303 Å². The number of quaternary nitrogens is 1. The number of esters is 2. The fourth-order valence-electron chi connectivity index (χ4n) is 9.54. The van der Waals surface area contributed by atoms with E-state index >= 15 is 0 Å². The van der Waals surface area contributed by atoms with Gasteiger partial charge in [0.2, 0.25) is 0 Å². The molecule has 9 nitrogen and oxygen atoms in total. The minimum atomic E-state index is -1.51. The van der Waals surface area contributed by atoms with Gasteiger partial charge >= 0.3 is 17.9 Å². The number of nitrogens with zero attached hydrogens (tertiary/aromatic N) is 1. The maximum Gasteiger partial charge on any atom is 0.361 e. The Morgan fingerprint density at radius 3 is 1.01 bits per heavy atom. The molecule has 2 unspecified atom stereocenters. The summed E-state index contributed by atoms with van der Waals surface area (Å²) in [6.07, 6.45) is 87.6. The summed E-state index contributed by atoms with van der Waals surface area (Å²) in [5, 5.41) is 9.74. The van der Waals surface area contributed by atoms with Crippen LogP contribution in [-0.4, -0.2) is 87.4 Å². The van der Waals surface area contributed by atoms with Crippen LogP contribution in [0.4, 0.5) is 0 Å². The second-order valence-corrected chi connectivity index (χ2v) is 24.1. The monoisotopic (exact) mass is 1170 g/mol. The first-order valence-electron chi connectivity index (χ1n) is 34.6. The number of hydrogen-bond acceptors (Lipinski definition) is 7. The molecule has 0 spiro atoms. The smallest absolute Gasteiger partial charge is 0.361 e. The van der Waals surface area contributed by atoms with E-state index in [2.05, 4.69) is 123 Å². The zero-order chi connectivity index (χ0) is 61.2. The van der Waals surface area contributed by atoms with Gasteiger partial charge in [-0.3, -0.25) is 9.59 Å². The van der Waals surface area contributed by atoms with E-state index in [1.165, 1.54) is 154 Å². The minimum absolute atomic E-state index is 0.184. The Morgan fingerprint density at radius 1 is 0.369 bits per heavy atom.